The van der Waals surface area contributed by atoms with Gasteiger partial charge in [0.05, 0.1) is 5.56 Å². The maximum absolute atomic E-state index is 12.7. The van der Waals surface area contributed by atoms with Crippen molar-refractivity contribution in [1.29, 1.82) is 0 Å². The smallest absolute Gasteiger partial charge is 0.339 e. The van der Waals surface area contributed by atoms with Crippen molar-refractivity contribution in [3.63, 3.8) is 0 Å². The average Bonchev–Trinajstić information content (AvgIpc) is 3.07. The number of aromatic amines is 1. The summed E-state index contributed by atoms with van der Waals surface area (Å²) in [4.78, 5) is 28.2. The second-order valence-electron chi connectivity index (χ2n) is 6.75. The van der Waals surface area contributed by atoms with E-state index in [0.717, 1.165) is 33.2 Å². The number of Topliss-reactive ketones (excluding diaryl/α,β-unsaturated/α-hetero) is 1. The van der Waals surface area contributed by atoms with Gasteiger partial charge in [0, 0.05) is 22.7 Å². The number of carbonyl (C=O) groups is 2. The summed E-state index contributed by atoms with van der Waals surface area (Å²) in [5, 5.41) is 0.836. The van der Waals surface area contributed by atoms with Crippen LogP contribution in [0.4, 0.5) is 0 Å². The van der Waals surface area contributed by atoms with E-state index in [2.05, 4.69) is 11.9 Å². The Labute approximate surface area is 153 Å². The maximum Gasteiger partial charge on any atom is 0.339 e. The number of H-pyrrole nitrogens is 1. The molecular formula is C22H23NO3. The number of ether oxygens (including phenoxy) is 1. The zero-order chi connectivity index (χ0) is 19.0. The van der Waals surface area contributed by atoms with Crippen molar-refractivity contribution in [2.45, 2.75) is 34.6 Å². The normalized spacial score (nSPS) is 11.0. The molecule has 0 aliphatic heterocycles. The van der Waals surface area contributed by atoms with E-state index in [1.54, 1.807) is 6.20 Å². The predicted octanol–water partition coefficient (Wildman–Crippen LogP) is 4.75. The van der Waals surface area contributed by atoms with Crippen LogP contribution in [0.2, 0.25) is 0 Å². The summed E-state index contributed by atoms with van der Waals surface area (Å²) in [6, 6.07) is 7.56. The molecule has 4 heteroatoms. The topological polar surface area (TPSA) is 59.2 Å². The number of esters is 1. The van der Waals surface area contributed by atoms with Crippen molar-refractivity contribution in [1.82, 2.24) is 4.98 Å². The molecule has 0 radical (unpaired) electrons. The number of hydrogen-bond donors (Lipinski definition) is 1. The lowest BCUT2D eigenvalue weighted by Crippen LogP contribution is -2.17. The molecule has 0 saturated carbocycles. The van der Waals surface area contributed by atoms with Crippen LogP contribution >= 0.6 is 0 Å². The van der Waals surface area contributed by atoms with Crippen LogP contribution in [0.3, 0.4) is 0 Å². The van der Waals surface area contributed by atoms with Gasteiger partial charge >= 0.3 is 5.97 Å². The monoisotopic (exact) mass is 349 g/mol. The highest BCUT2D eigenvalue weighted by Crippen LogP contribution is 2.27. The van der Waals surface area contributed by atoms with Gasteiger partial charge in [-0.05, 0) is 68.5 Å². The molecule has 1 heterocycles. The largest absolute Gasteiger partial charge is 0.454 e. The number of hydrogen-bond acceptors (Lipinski definition) is 3. The molecule has 134 valence electrons. The van der Waals surface area contributed by atoms with E-state index in [0.29, 0.717) is 11.1 Å². The van der Waals surface area contributed by atoms with E-state index < -0.39 is 5.97 Å². The molecule has 0 amide bonds. The van der Waals surface area contributed by atoms with Crippen molar-refractivity contribution < 1.29 is 14.3 Å². The first-order valence-corrected chi connectivity index (χ1v) is 8.66. The Morgan fingerprint density at radius 2 is 1.46 bits per heavy atom. The summed E-state index contributed by atoms with van der Waals surface area (Å²) in [7, 11) is 0. The first kappa shape index (κ1) is 17.9. The van der Waals surface area contributed by atoms with Gasteiger partial charge in [0.15, 0.2) is 6.61 Å². The predicted molar refractivity (Wildman–Crippen MR) is 103 cm³/mol. The van der Waals surface area contributed by atoms with Gasteiger partial charge in [0.1, 0.15) is 0 Å². The highest BCUT2D eigenvalue weighted by atomic mass is 16.5. The fraction of sp³-hybridized carbons (Fsp3) is 0.273. The minimum absolute atomic E-state index is 0.216. The molecule has 3 rings (SSSR count). The van der Waals surface area contributed by atoms with Gasteiger partial charge in [-0.1, -0.05) is 18.2 Å². The van der Waals surface area contributed by atoms with E-state index in [4.69, 9.17) is 4.74 Å². The van der Waals surface area contributed by atoms with E-state index in [-0.39, 0.29) is 12.4 Å². The van der Waals surface area contributed by atoms with Gasteiger partial charge in [-0.15, -0.1) is 0 Å². The van der Waals surface area contributed by atoms with E-state index in [9.17, 15) is 9.59 Å². The molecule has 1 aromatic heterocycles. The number of nitrogens with one attached hydrogen (secondary N) is 1. The summed E-state index contributed by atoms with van der Waals surface area (Å²) in [6.07, 6.45) is 1.66. The van der Waals surface area contributed by atoms with Crippen LogP contribution in [0.1, 0.15) is 48.5 Å². The van der Waals surface area contributed by atoms with E-state index in [1.165, 1.54) is 5.56 Å². The number of para-hydroxylation sites is 1. The molecule has 0 spiro atoms. The summed E-state index contributed by atoms with van der Waals surface area (Å²) >= 11 is 0. The van der Waals surface area contributed by atoms with Gasteiger partial charge in [0.2, 0.25) is 5.78 Å². The lowest BCUT2D eigenvalue weighted by Gasteiger charge is -2.17. The average molecular weight is 349 g/mol. The standard InChI is InChI=1S/C22H23NO3/c1-12-13(2)15(4)21(16(5)14(12)3)22(25)26-11-20(24)18-10-23-19-9-7-6-8-17(18)19/h6-10,23H,11H2,1-5H3. The second-order valence-corrected chi connectivity index (χ2v) is 6.75. The van der Waals surface area contributed by atoms with Gasteiger partial charge in [-0.25, -0.2) is 4.79 Å². The Morgan fingerprint density at radius 1 is 0.885 bits per heavy atom. The van der Waals surface area contributed by atoms with Crippen LogP contribution in [0, 0.1) is 34.6 Å². The molecule has 0 unspecified atom stereocenters. The van der Waals surface area contributed by atoms with Crippen molar-refractivity contribution in [2.75, 3.05) is 6.61 Å². The van der Waals surface area contributed by atoms with Crippen molar-refractivity contribution in [3.05, 3.63) is 69.4 Å². The Balaban J connectivity index is 1.83. The first-order valence-electron chi connectivity index (χ1n) is 8.66. The molecule has 0 fully saturated rings. The van der Waals surface area contributed by atoms with Crippen LogP contribution < -0.4 is 0 Å². The fourth-order valence-corrected chi connectivity index (χ4v) is 3.39. The Bertz CT molecular complexity index is 998. The molecule has 0 saturated heterocycles. The molecule has 0 bridgehead atoms. The molecule has 0 atom stereocenters. The molecule has 0 aliphatic carbocycles. The molecule has 3 aromatic rings. The zero-order valence-electron chi connectivity index (χ0n) is 15.8. The number of fused-ring (bicyclic) bond motifs is 1. The van der Waals surface area contributed by atoms with Crippen LogP contribution in [0.15, 0.2) is 30.5 Å². The quantitative estimate of drug-likeness (QED) is 0.546. The molecular weight excluding hydrogens is 326 g/mol. The number of rotatable bonds is 4. The Morgan fingerprint density at radius 3 is 2.12 bits per heavy atom. The second kappa shape index (κ2) is 6.79. The van der Waals surface area contributed by atoms with Crippen molar-refractivity contribution in [3.8, 4) is 0 Å². The number of aromatic nitrogens is 1. The maximum atomic E-state index is 12.7. The third-order valence-corrected chi connectivity index (χ3v) is 5.43. The molecule has 4 nitrogen and oxygen atoms in total. The van der Waals surface area contributed by atoms with Crippen molar-refractivity contribution in [2.24, 2.45) is 0 Å². The highest BCUT2D eigenvalue weighted by Gasteiger charge is 2.21. The minimum Gasteiger partial charge on any atom is -0.454 e. The van der Waals surface area contributed by atoms with Crippen LogP contribution in [0.25, 0.3) is 10.9 Å². The number of benzene rings is 2. The highest BCUT2D eigenvalue weighted by molar-refractivity contribution is 6.09. The first-order chi connectivity index (χ1) is 12.3. The zero-order valence-corrected chi connectivity index (χ0v) is 15.8. The van der Waals surface area contributed by atoms with Crippen LogP contribution in [-0.2, 0) is 4.74 Å². The van der Waals surface area contributed by atoms with Gasteiger partial charge in [-0.3, -0.25) is 4.79 Å². The molecule has 2 aromatic carbocycles. The summed E-state index contributed by atoms with van der Waals surface area (Å²) in [5.41, 5.74) is 7.18. The van der Waals surface area contributed by atoms with Crippen LogP contribution in [-0.4, -0.2) is 23.3 Å². The van der Waals surface area contributed by atoms with Gasteiger partial charge in [0.25, 0.3) is 0 Å². The van der Waals surface area contributed by atoms with Gasteiger partial charge in [-0.2, -0.15) is 0 Å². The molecule has 26 heavy (non-hydrogen) atoms. The number of carbonyl (C=O) groups excluding carboxylic acids is 2. The SMILES string of the molecule is Cc1c(C)c(C)c(C(=O)OCC(=O)c2c[nH]c3ccccc23)c(C)c1C. The number of ketones is 1. The lowest BCUT2D eigenvalue weighted by atomic mass is 9.90. The van der Waals surface area contributed by atoms with E-state index in [1.807, 2.05) is 52.0 Å². The fourth-order valence-electron chi connectivity index (χ4n) is 3.39. The third kappa shape index (κ3) is 2.92. The Hall–Kier alpha value is -2.88. The minimum atomic E-state index is -0.445. The summed E-state index contributed by atoms with van der Waals surface area (Å²) in [6.45, 7) is 9.64. The summed E-state index contributed by atoms with van der Waals surface area (Å²) < 4.78 is 5.37. The van der Waals surface area contributed by atoms with E-state index >= 15 is 0 Å². The Kier molecular flexibility index (Phi) is 4.68. The third-order valence-electron chi connectivity index (χ3n) is 5.43. The van der Waals surface area contributed by atoms with Crippen LogP contribution in [0.5, 0.6) is 0 Å². The lowest BCUT2D eigenvalue weighted by molar-refractivity contribution is 0.0473. The molecule has 1 N–H and O–H groups in total. The summed E-state index contributed by atoms with van der Waals surface area (Å²) in [5.74, 6) is -0.661. The molecule has 0 aliphatic rings. The van der Waals surface area contributed by atoms with Gasteiger partial charge < -0.3 is 9.72 Å². The van der Waals surface area contributed by atoms with Crippen molar-refractivity contribution >= 4 is 22.7 Å².